The summed E-state index contributed by atoms with van der Waals surface area (Å²) in [4.78, 5) is 0. The van der Waals surface area contributed by atoms with Gasteiger partial charge in [0, 0.05) is 5.02 Å². The van der Waals surface area contributed by atoms with Crippen LogP contribution in [0.2, 0.25) is 5.02 Å². The smallest absolute Gasteiger partial charge is 0.401 e. The Morgan fingerprint density at radius 3 is 2.00 bits per heavy atom. The largest absolute Gasteiger partial charge is 0.494 e. The van der Waals surface area contributed by atoms with Crippen LogP contribution in [-0.2, 0) is 11.3 Å². The molecule has 32 heavy (non-hydrogen) atoms. The third-order valence-corrected chi connectivity index (χ3v) is 4.82. The van der Waals surface area contributed by atoms with Gasteiger partial charge in [0.2, 0.25) is 6.29 Å². The van der Waals surface area contributed by atoms with E-state index in [1.54, 1.807) is 6.92 Å². The average molecular weight is 469 g/mol. The molecule has 3 aromatic carbocycles. The van der Waals surface area contributed by atoms with E-state index in [0.29, 0.717) is 22.9 Å². The van der Waals surface area contributed by atoms with Gasteiger partial charge in [-0.1, -0.05) is 35.9 Å². The fourth-order valence-corrected chi connectivity index (χ4v) is 3.17. The molecule has 2 atom stereocenters. The van der Waals surface area contributed by atoms with Gasteiger partial charge in [-0.3, -0.25) is 0 Å². The number of rotatable bonds is 9. The highest BCUT2D eigenvalue weighted by atomic mass is 35.5. The molecule has 2 unspecified atom stereocenters. The Morgan fingerprint density at radius 2 is 1.44 bits per heavy atom. The second-order valence-electron chi connectivity index (χ2n) is 6.90. The van der Waals surface area contributed by atoms with Gasteiger partial charge in [-0.05, 0) is 66.6 Å². The highest BCUT2D eigenvalue weighted by Gasteiger charge is 2.48. The lowest BCUT2D eigenvalue weighted by Gasteiger charge is -2.30. The van der Waals surface area contributed by atoms with Crippen LogP contribution < -0.4 is 9.47 Å². The lowest BCUT2D eigenvalue weighted by molar-refractivity contribution is -0.218. The van der Waals surface area contributed by atoms with E-state index in [4.69, 9.17) is 25.8 Å². The van der Waals surface area contributed by atoms with Crippen LogP contribution in [0.25, 0.3) is 0 Å². The van der Waals surface area contributed by atoms with Crippen molar-refractivity contribution in [3.8, 4) is 11.5 Å². The Hall–Kier alpha value is -2.77. The van der Waals surface area contributed by atoms with Crippen molar-refractivity contribution in [1.82, 2.24) is 0 Å². The molecule has 3 aromatic rings. The quantitative estimate of drug-likeness (QED) is 0.246. The molecule has 0 saturated heterocycles. The summed E-state index contributed by atoms with van der Waals surface area (Å²) in [7, 11) is 0. The zero-order valence-electron chi connectivity index (χ0n) is 17.1. The first-order valence-electron chi connectivity index (χ1n) is 9.84. The summed E-state index contributed by atoms with van der Waals surface area (Å²) in [5.41, 5.74) is 0.461. The molecule has 0 fully saturated rings. The molecular formula is C24H21ClF4O3. The normalized spacial score (nSPS) is 13.4. The minimum atomic E-state index is -4.67. The minimum Gasteiger partial charge on any atom is -0.494 e. The van der Waals surface area contributed by atoms with Gasteiger partial charge in [0.15, 0.2) is 0 Å². The fourth-order valence-electron chi connectivity index (χ4n) is 3.04. The van der Waals surface area contributed by atoms with E-state index in [2.05, 4.69) is 0 Å². The van der Waals surface area contributed by atoms with E-state index in [-0.39, 0.29) is 17.9 Å². The van der Waals surface area contributed by atoms with Crippen LogP contribution in [0.5, 0.6) is 11.5 Å². The van der Waals surface area contributed by atoms with Gasteiger partial charge in [-0.2, -0.15) is 13.2 Å². The predicted octanol–water partition coefficient (Wildman–Crippen LogP) is 7.15. The Kier molecular flexibility index (Phi) is 7.99. The molecule has 0 heterocycles. The molecule has 0 aromatic heterocycles. The summed E-state index contributed by atoms with van der Waals surface area (Å²) >= 11 is 5.86. The Labute approximate surface area is 188 Å². The first-order chi connectivity index (χ1) is 15.3. The van der Waals surface area contributed by atoms with E-state index < -0.39 is 24.2 Å². The molecule has 0 spiro atoms. The summed E-state index contributed by atoms with van der Waals surface area (Å²) in [6, 6.07) is 16.8. The summed E-state index contributed by atoms with van der Waals surface area (Å²) in [6.07, 6.45) is -6.38. The van der Waals surface area contributed by atoms with Crippen LogP contribution in [-0.4, -0.2) is 19.1 Å². The number of halogens is 5. The highest BCUT2D eigenvalue weighted by molar-refractivity contribution is 6.30. The molecule has 3 nitrogen and oxygen atoms in total. The maximum Gasteiger partial charge on any atom is 0.401 e. The van der Waals surface area contributed by atoms with Gasteiger partial charge >= 0.3 is 6.18 Å². The van der Waals surface area contributed by atoms with Gasteiger partial charge in [-0.15, -0.1) is 0 Å². The van der Waals surface area contributed by atoms with Crippen LogP contribution in [0, 0.1) is 5.82 Å². The van der Waals surface area contributed by atoms with E-state index >= 15 is 0 Å². The number of hydrogen-bond donors (Lipinski definition) is 0. The molecule has 8 heteroatoms. The maximum absolute atomic E-state index is 14.2. The van der Waals surface area contributed by atoms with Crippen LogP contribution in [0.15, 0.2) is 72.8 Å². The van der Waals surface area contributed by atoms with Crippen molar-refractivity contribution in [3.63, 3.8) is 0 Å². The van der Waals surface area contributed by atoms with Crippen LogP contribution in [0.1, 0.15) is 24.0 Å². The lowest BCUT2D eigenvalue weighted by atomic mass is 9.97. The van der Waals surface area contributed by atoms with Crippen molar-refractivity contribution in [3.05, 3.63) is 94.8 Å². The van der Waals surface area contributed by atoms with Crippen molar-refractivity contribution < 1.29 is 31.8 Å². The van der Waals surface area contributed by atoms with E-state index in [1.165, 1.54) is 72.8 Å². The Morgan fingerprint density at radius 1 is 0.844 bits per heavy atom. The average Bonchev–Trinajstić information content (AvgIpc) is 2.75. The van der Waals surface area contributed by atoms with Crippen LogP contribution >= 0.6 is 11.6 Å². The maximum atomic E-state index is 14.2. The lowest BCUT2D eigenvalue weighted by Crippen LogP contribution is -2.37. The highest BCUT2D eigenvalue weighted by Crippen LogP contribution is 2.40. The minimum absolute atomic E-state index is 0.0426. The molecule has 3 rings (SSSR count). The molecule has 0 bridgehead atoms. The topological polar surface area (TPSA) is 27.7 Å². The fraction of sp³-hybridized carbons (Fsp3) is 0.250. The Balaban J connectivity index is 1.91. The molecular weight excluding hydrogens is 448 g/mol. The molecule has 0 N–H and O–H groups in total. The molecule has 0 aliphatic carbocycles. The number of hydrogen-bond acceptors (Lipinski definition) is 3. The molecule has 0 radical (unpaired) electrons. The van der Waals surface area contributed by atoms with Crippen LogP contribution in [0.3, 0.4) is 0 Å². The molecule has 0 aliphatic heterocycles. The first-order valence-corrected chi connectivity index (χ1v) is 10.2. The second kappa shape index (κ2) is 10.7. The summed E-state index contributed by atoms with van der Waals surface area (Å²) < 4.78 is 72.3. The summed E-state index contributed by atoms with van der Waals surface area (Å²) in [5.74, 6) is -1.92. The van der Waals surface area contributed by atoms with Crippen molar-refractivity contribution >= 4 is 11.6 Å². The van der Waals surface area contributed by atoms with Gasteiger partial charge in [0.1, 0.15) is 23.2 Å². The van der Waals surface area contributed by atoms with Gasteiger partial charge in [0.05, 0.1) is 13.2 Å². The van der Waals surface area contributed by atoms with Gasteiger partial charge in [0.25, 0.3) is 0 Å². The van der Waals surface area contributed by atoms with Crippen molar-refractivity contribution in [1.29, 1.82) is 0 Å². The van der Waals surface area contributed by atoms with Gasteiger partial charge in [-0.25, -0.2) is 4.39 Å². The standard InChI is InChI=1S/C24H21ClF4O3/c1-2-30-20-11-5-17(6-12-20)22(24(27,28)29)23(32-21-13-7-18(25)8-14-21)31-15-16-3-9-19(26)10-4-16/h3-14,22-23H,2,15H2,1H3. The number of benzene rings is 3. The summed E-state index contributed by atoms with van der Waals surface area (Å²) in [6.45, 7) is 1.97. The molecule has 170 valence electrons. The zero-order valence-corrected chi connectivity index (χ0v) is 17.9. The molecule has 0 amide bonds. The van der Waals surface area contributed by atoms with Gasteiger partial charge < -0.3 is 14.2 Å². The van der Waals surface area contributed by atoms with E-state index in [9.17, 15) is 17.6 Å². The number of ether oxygens (including phenoxy) is 3. The third kappa shape index (κ3) is 6.61. The summed E-state index contributed by atoms with van der Waals surface area (Å²) in [5, 5.41) is 0.417. The van der Waals surface area contributed by atoms with E-state index in [1.807, 2.05) is 0 Å². The van der Waals surface area contributed by atoms with Crippen molar-refractivity contribution in [2.75, 3.05) is 6.61 Å². The van der Waals surface area contributed by atoms with Crippen molar-refractivity contribution in [2.24, 2.45) is 0 Å². The second-order valence-corrected chi connectivity index (χ2v) is 7.34. The van der Waals surface area contributed by atoms with Crippen LogP contribution in [0.4, 0.5) is 17.6 Å². The monoisotopic (exact) mass is 468 g/mol. The first kappa shape index (κ1) is 23.9. The van der Waals surface area contributed by atoms with E-state index in [0.717, 1.165) is 0 Å². The molecule has 0 saturated carbocycles. The third-order valence-electron chi connectivity index (χ3n) is 4.57. The number of alkyl halides is 3. The SMILES string of the molecule is CCOc1ccc(C(C(OCc2ccc(F)cc2)Oc2ccc(Cl)cc2)C(F)(F)F)cc1. The Bertz CT molecular complexity index is 974. The molecule has 0 aliphatic rings. The van der Waals surface area contributed by atoms with Crippen molar-refractivity contribution in [2.45, 2.75) is 31.9 Å². The predicted molar refractivity (Wildman–Crippen MR) is 113 cm³/mol. The zero-order chi connectivity index (χ0) is 23.1.